The Morgan fingerprint density at radius 2 is 1.65 bits per heavy atom. The van der Waals surface area contributed by atoms with Crippen molar-refractivity contribution in [1.82, 2.24) is 15.5 Å². The Kier molecular flexibility index (Phi) is 10.9. The minimum atomic E-state index is -1.05. The molecule has 0 saturated carbocycles. The fourth-order valence-corrected chi connectivity index (χ4v) is 4.27. The molecule has 2 atom stereocenters. The Balaban J connectivity index is 2.69. The number of carbonyl (C=O) groups is 3. The summed E-state index contributed by atoms with van der Waals surface area (Å²) in [5.74, 6) is -0.668. The van der Waals surface area contributed by atoms with E-state index in [4.69, 9.17) is 4.74 Å². The number of aromatic hydroxyl groups is 1. The first kappa shape index (κ1) is 32.4. The van der Waals surface area contributed by atoms with Gasteiger partial charge in [-0.2, -0.15) is 0 Å². The van der Waals surface area contributed by atoms with Gasteiger partial charge in [0.15, 0.2) is 0 Å². The van der Waals surface area contributed by atoms with Crippen LogP contribution in [0.4, 0.5) is 4.79 Å². The van der Waals surface area contributed by atoms with Crippen LogP contribution in [-0.2, 0) is 20.7 Å². The third-order valence-electron chi connectivity index (χ3n) is 6.52. The van der Waals surface area contributed by atoms with Gasteiger partial charge in [-0.1, -0.05) is 49.9 Å². The number of ether oxygens (including phenoxy) is 1. The smallest absolute Gasteiger partial charge is 0.408 e. The van der Waals surface area contributed by atoms with E-state index < -0.39 is 35.2 Å². The van der Waals surface area contributed by atoms with E-state index in [1.165, 1.54) is 12.1 Å². The lowest BCUT2D eigenvalue weighted by Gasteiger charge is -2.45. The van der Waals surface area contributed by atoms with Crippen molar-refractivity contribution in [3.63, 3.8) is 0 Å². The molecular weight excluding hydrogens is 506 g/mol. The predicted octanol–water partition coefficient (Wildman–Crippen LogP) is 5.75. The van der Waals surface area contributed by atoms with Crippen molar-refractivity contribution in [3.05, 3.63) is 71.8 Å². The standard InChI is InChI=1S/C32H45N3O5/c1-10-22-13-12-14-24(19-22)27(28(37)33-21(3)4)35(32(8,9)11-2)29(38)26(34-30(39)40-31(5,6)7)20-23-15-17-25(36)18-16-23/h10,12-19,21,26-27,36H,1,11,20H2,2-9H3,(H,33,37)(H,34,39). The Labute approximate surface area is 238 Å². The molecule has 218 valence electrons. The molecule has 0 aliphatic heterocycles. The summed E-state index contributed by atoms with van der Waals surface area (Å²) in [5, 5.41) is 15.5. The van der Waals surface area contributed by atoms with E-state index in [1.54, 1.807) is 43.9 Å². The van der Waals surface area contributed by atoms with Gasteiger partial charge in [0.25, 0.3) is 0 Å². The molecule has 0 saturated heterocycles. The maximum atomic E-state index is 14.6. The molecule has 40 heavy (non-hydrogen) atoms. The summed E-state index contributed by atoms with van der Waals surface area (Å²) in [6, 6.07) is 11.6. The summed E-state index contributed by atoms with van der Waals surface area (Å²) in [4.78, 5) is 42.9. The van der Waals surface area contributed by atoms with Crippen LogP contribution < -0.4 is 10.6 Å². The molecule has 0 bridgehead atoms. The van der Waals surface area contributed by atoms with Gasteiger partial charge < -0.3 is 25.4 Å². The molecule has 3 N–H and O–H groups in total. The summed E-state index contributed by atoms with van der Waals surface area (Å²) in [6.07, 6.45) is 1.62. The summed E-state index contributed by atoms with van der Waals surface area (Å²) in [7, 11) is 0. The zero-order valence-electron chi connectivity index (χ0n) is 25.1. The normalized spacial score (nSPS) is 13.2. The molecule has 3 amide bonds. The quantitative estimate of drug-likeness (QED) is 0.329. The van der Waals surface area contributed by atoms with Crippen molar-refractivity contribution < 1.29 is 24.2 Å². The number of amides is 3. The molecule has 0 spiro atoms. The number of hydrogen-bond acceptors (Lipinski definition) is 5. The highest BCUT2D eigenvalue weighted by Crippen LogP contribution is 2.33. The van der Waals surface area contributed by atoms with Gasteiger partial charge in [0, 0.05) is 18.0 Å². The number of phenolic OH excluding ortho intramolecular Hbond substituents is 1. The molecule has 2 unspecified atom stereocenters. The SMILES string of the molecule is C=Cc1cccc(C(C(=O)NC(C)C)N(C(=O)C(Cc2ccc(O)cc2)NC(=O)OC(C)(C)C)C(C)(C)CC)c1. The number of hydrogen-bond donors (Lipinski definition) is 3. The van der Waals surface area contributed by atoms with Crippen LogP contribution in [0.25, 0.3) is 6.08 Å². The first-order chi connectivity index (χ1) is 18.6. The van der Waals surface area contributed by atoms with Crippen LogP contribution in [0.5, 0.6) is 5.75 Å². The number of phenols is 1. The van der Waals surface area contributed by atoms with Crippen LogP contribution in [-0.4, -0.2) is 51.1 Å². The Bertz CT molecular complexity index is 1180. The molecule has 2 aromatic carbocycles. The lowest BCUT2D eigenvalue weighted by atomic mass is 9.90. The fourth-order valence-electron chi connectivity index (χ4n) is 4.27. The van der Waals surface area contributed by atoms with E-state index in [9.17, 15) is 19.5 Å². The van der Waals surface area contributed by atoms with Gasteiger partial charge in [0.05, 0.1) is 0 Å². The van der Waals surface area contributed by atoms with Gasteiger partial charge >= 0.3 is 6.09 Å². The summed E-state index contributed by atoms with van der Waals surface area (Å²) in [5.41, 5.74) is 0.616. The van der Waals surface area contributed by atoms with E-state index in [2.05, 4.69) is 17.2 Å². The van der Waals surface area contributed by atoms with Crippen molar-refractivity contribution in [2.45, 2.75) is 97.5 Å². The molecule has 2 aromatic rings. The number of carbonyl (C=O) groups excluding carboxylic acids is 3. The molecule has 0 aromatic heterocycles. The van der Waals surface area contributed by atoms with Crippen molar-refractivity contribution >= 4 is 24.0 Å². The third kappa shape index (κ3) is 9.14. The molecule has 8 heteroatoms. The molecule has 0 aliphatic carbocycles. The van der Waals surface area contributed by atoms with Crippen molar-refractivity contribution in [2.24, 2.45) is 0 Å². The topological polar surface area (TPSA) is 108 Å². The Morgan fingerprint density at radius 1 is 1.02 bits per heavy atom. The minimum Gasteiger partial charge on any atom is -0.508 e. The largest absolute Gasteiger partial charge is 0.508 e. The number of rotatable bonds is 11. The van der Waals surface area contributed by atoms with Crippen molar-refractivity contribution in [2.75, 3.05) is 0 Å². The van der Waals surface area contributed by atoms with Gasteiger partial charge in [-0.3, -0.25) is 9.59 Å². The van der Waals surface area contributed by atoms with Crippen molar-refractivity contribution in [1.29, 1.82) is 0 Å². The Morgan fingerprint density at radius 3 is 2.17 bits per heavy atom. The lowest BCUT2D eigenvalue weighted by molar-refractivity contribution is -0.149. The average Bonchev–Trinajstić information content (AvgIpc) is 2.86. The minimum absolute atomic E-state index is 0.0907. The highest BCUT2D eigenvalue weighted by molar-refractivity contribution is 5.93. The molecule has 0 radical (unpaired) electrons. The first-order valence-corrected chi connectivity index (χ1v) is 13.7. The predicted molar refractivity (Wildman–Crippen MR) is 159 cm³/mol. The van der Waals surface area contributed by atoms with Gasteiger partial charge in [-0.25, -0.2) is 4.79 Å². The van der Waals surface area contributed by atoms with Gasteiger partial charge in [-0.15, -0.1) is 0 Å². The van der Waals surface area contributed by atoms with E-state index in [0.717, 1.165) is 11.1 Å². The fraction of sp³-hybridized carbons (Fsp3) is 0.469. The average molecular weight is 552 g/mol. The lowest BCUT2D eigenvalue weighted by Crippen LogP contribution is -2.60. The highest BCUT2D eigenvalue weighted by atomic mass is 16.6. The van der Waals surface area contributed by atoms with Gasteiger partial charge in [0.2, 0.25) is 11.8 Å². The maximum Gasteiger partial charge on any atom is 0.408 e. The molecule has 0 heterocycles. The maximum absolute atomic E-state index is 14.6. The van der Waals surface area contributed by atoms with E-state index in [1.807, 2.05) is 58.9 Å². The van der Waals surface area contributed by atoms with Gasteiger partial charge in [0.1, 0.15) is 23.4 Å². The zero-order valence-corrected chi connectivity index (χ0v) is 25.1. The summed E-state index contributed by atoms with van der Waals surface area (Å²) in [6.45, 7) is 18.6. The van der Waals surface area contributed by atoms with Crippen LogP contribution in [0.3, 0.4) is 0 Å². The number of nitrogens with one attached hydrogen (secondary N) is 2. The van der Waals surface area contributed by atoms with Crippen LogP contribution in [0.2, 0.25) is 0 Å². The van der Waals surface area contributed by atoms with Crippen LogP contribution >= 0.6 is 0 Å². The van der Waals surface area contributed by atoms with E-state index in [0.29, 0.717) is 12.0 Å². The van der Waals surface area contributed by atoms with Crippen LogP contribution in [0.15, 0.2) is 55.1 Å². The zero-order chi connectivity index (χ0) is 30.3. The highest BCUT2D eigenvalue weighted by Gasteiger charge is 2.43. The third-order valence-corrected chi connectivity index (χ3v) is 6.52. The second kappa shape index (κ2) is 13.5. The van der Waals surface area contributed by atoms with Crippen LogP contribution in [0, 0.1) is 0 Å². The number of alkyl carbamates (subject to hydrolysis) is 1. The van der Waals surface area contributed by atoms with E-state index in [-0.39, 0.29) is 24.1 Å². The summed E-state index contributed by atoms with van der Waals surface area (Å²) < 4.78 is 5.49. The molecule has 2 rings (SSSR count). The molecule has 0 aliphatic rings. The summed E-state index contributed by atoms with van der Waals surface area (Å²) >= 11 is 0. The van der Waals surface area contributed by atoms with E-state index >= 15 is 0 Å². The second-order valence-corrected chi connectivity index (χ2v) is 11.9. The van der Waals surface area contributed by atoms with Crippen molar-refractivity contribution in [3.8, 4) is 5.75 Å². The molecule has 8 nitrogen and oxygen atoms in total. The monoisotopic (exact) mass is 551 g/mol. The number of benzene rings is 2. The van der Waals surface area contributed by atoms with Gasteiger partial charge in [-0.05, 0) is 89.8 Å². The molecule has 0 fully saturated rings. The first-order valence-electron chi connectivity index (χ1n) is 13.7. The second-order valence-electron chi connectivity index (χ2n) is 11.9. The number of nitrogens with zero attached hydrogens (tertiary/aromatic N) is 1. The van der Waals surface area contributed by atoms with Crippen LogP contribution in [0.1, 0.15) is 84.5 Å². The molecular formula is C32H45N3O5. The Hall–Kier alpha value is -3.81.